The summed E-state index contributed by atoms with van der Waals surface area (Å²) in [6, 6.07) is 5.99. The third-order valence-electron chi connectivity index (χ3n) is 2.41. The van der Waals surface area contributed by atoms with Crippen molar-refractivity contribution in [1.29, 1.82) is 0 Å². The van der Waals surface area contributed by atoms with Gasteiger partial charge in [-0.3, -0.25) is 0 Å². The van der Waals surface area contributed by atoms with E-state index in [0.717, 1.165) is 26.5 Å². The molecular formula is C13H15BrN2S2. The normalized spacial score (nSPS) is 11.1. The van der Waals surface area contributed by atoms with Crippen molar-refractivity contribution in [3.8, 4) is 0 Å². The fourth-order valence-corrected chi connectivity index (χ4v) is 3.62. The molecule has 96 valence electrons. The highest BCUT2D eigenvalue weighted by atomic mass is 79.9. The zero-order chi connectivity index (χ0) is 13.1. The lowest BCUT2D eigenvalue weighted by Gasteiger charge is -2.04. The van der Waals surface area contributed by atoms with E-state index in [9.17, 15) is 0 Å². The van der Waals surface area contributed by atoms with E-state index in [0.29, 0.717) is 5.92 Å². The van der Waals surface area contributed by atoms with E-state index in [4.69, 9.17) is 5.73 Å². The summed E-state index contributed by atoms with van der Waals surface area (Å²) in [5.41, 5.74) is 7.92. The largest absolute Gasteiger partial charge is 0.398 e. The van der Waals surface area contributed by atoms with Gasteiger partial charge in [-0.05, 0) is 18.2 Å². The Morgan fingerprint density at radius 1 is 1.44 bits per heavy atom. The summed E-state index contributed by atoms with van der Waals surface area (Å²) in [7, 11) is 0. The number of nitrogens with two attached hydrogens (primary N) is 1. The van der Waals surface area contributed by atoms with E-state index in [1.807, 2.05) is 18.2 Å². The standard InChI is InChI=1S/C13H15BrN2S2/c1-8(2)13-16-10(7-18-13)6-17-12-4-3-9(14)5-11(12)15/h3-5,7-8H,6,15H2,1-2H3. The molecule has 0 amide bonds. The molecule has 1 aromatic heterocycles. The summed E-state index contributed by atoms with van der Waals surface area (Å²) < 4.78 is 1.01. The Hall–Kier alpha value is -0.520. The van der Waals surface area contributed by atoms with Crippen LogP contribution < -0.4 is 5.73 Å². The quantitative estimate of drug-likeness (QED) is 0.634. The van der Waals surface area contributed by atoms with Gasteiger partial charge in [0.1, 0.15) is 0 Å². The average Bonchev–Trinajstić information content (AvgIpc) is 2.76. The maximum Gasteiger partial charge on any atom is 0.0954 e. The summed E-state index contributed by atoms with van der Waals surface area (Å²) in [6.07, 6.45) is 0. The Kier molecular flexibility index (Phi) is 4.70. The Bertz CT molecular complexity index is 538. The fourth-order valence-electron chi connectivity index (χ4n) is 1.46. The number of thioether (sulfide) groups is 1. The molecule has 0 fully saturated rings. The Morgan fingerprint density at radius 3 is 2.83 bits per heavy atom. The van der Waals surface area contributed by atoms with Crippen molar-refractivity contribution in [2.75, 3.05) is 5.73 Å². The molecular weight excluding hydrogens is 328 g/mol. The van der Waals surface area contributed by atoms with E-state index in [1.54, 1.807) is 23.1 Å². The molecule has 2 aromatic rings. The summed E-state index contributed by atoms with van der Waals surface area (Å²) in [6.45, 7) is 4.34. The fraction of sp³-hybridized carbons (Fsp3) is 0.308. The lowest BCUT2D eigenvalue weighted by molar-refractivity contribution is 0.846. The molecule has 2 rings (SSSR count). The zero-order valence-corrected chi connectivity index (χ0v) is 13.5. The van der Waals surface area contributed by atoms with Crippen LogP contribution in [0, 0.1) is 0 Å². The molecule has 0 saturated heterocycles. The van der Waals surface area contributed by atoms with Crippen LogP contribution in [0.3, 0.4) is 0 Å². The second-order valence-electron chi connectivity index (χ2n) is 4.30. The van der Waals surface area contributed by atoms with Gasteiger partial charge in [-0.25, -0.2) is 4.98 Å². The molecule has 0 atom stereocenters. The molecule has 0 aliphatic carbocycles. The van der Waals surface area contributed by atoms with E-state index in [1.165, 1.54) is 5.01 Å². The molecule has 0 spiro atoms. The van der Waals surface area contributed by atoms with E-state index >= 15 is 0 Å². The number of nitrogens with zero attached hydrogens (tertiary/aromatic N) is 1. The highest BCUT2D eigenvalue weighted by Gasteiger charge is 2.07. The van der Waals surface area contributed by atoms with Crippen LogP contribution in [-0.2, 0) is 5.75 Å². The smallest absolute Gasteiger partial charge is 0.0954 e. The minimum atomic E-state index is 0.506. The van der Waals surface area contributed by atoms with Crippen LogP contribution in [0.15, 0.2) is 32.9 Å². The highest BCUT2D eigenvalue weighted by molar-refractivity contribution is 9.10. The predicted octanol–water partition coefficient (Wildman–Crippen LogP) is 4.90. The van der Waals surface area contributed by atoms with Crippen LogP contribution in [0.25, 0.3) is 0 Å². The zero-order valence-electron chi connectivity index (χ0n) is 10.3. The Morgan fingerprint density at radius 2 is 2.22 bits per heavy atom. The van der Waals surface area contributed by atoms with Crippen molar-refractivity contribution >= 4 is 44.7 Å². The van der Waals surface area contributed by atoms with Crippen LogP contribution in [0.1, 0.15) is 30.5 Å². The third kappa shape index (κ3) is 3.49. The first kappa shape index (κ1) is 13.9. The van der Waals surface area contributed by atoms with Crippen molar-refractivity contribution in [2.45, 2.75) is 30.4 Å². The van der Waals surface area contributed by atoms with E-state index < -0.39 is 0 Å². The first-order valence-electron chi connectivity index (χ1n) is 5.68. The molecule has 0 unspecified atom stereocenters. The van der Waals surface area contributed by atoms with Crippen LogP contribution in [-0.4, -0.2) is 4.98 Å². The second kappa shape index (κ2) is 6.08. The van der Waals surface area contributed by atoms with E-state index in [-0.39, 0.29) is 0 Å². The number of thiazole rings is 1. The maximum atomic E-state index is 5.97. The van der Waals surface area contributed by atoms with Crippen molar-refractivity contribution < 1.29 is 0 Å². The molecule has 0 aliphatic rings. The average molecular weight is 343 g/mol. The topological polar surface area (TPSA) is 38.9 Å². The van der Waals surface area contributed by atoms with Crippen LogP contribution in [0.2, 0.25) is 0 Å². The Balaban J connectivity index is 2.02. The lowest BCUT2D eigenvalue weighted by atomic mass is 10.2. The number of nitrogen functional groups attached to an aromatic ring is 1. The molecule has 0 aliphatic heterocycles. The van der Waals surface area contributed by atoms with Crippen molar-refractivity contribution in [3.63, 3.8) is 0 Å². The molecule has 2 N–H and O–H groups in total. The number of benzene rings is 1. The van der Waals surface area contributed by atoms with Gasteiger partial charge < -0.3 is 5.73 Å². The molecule has 0 radical (unpaired) electrons. The minimum absolute atomic E-state index is 0.506. The van der Waals surface area contributed by atoms with Gasteiger partial charge in [0.05, 0.1) is 10.7 Å². The van der Waals surface area contributed by atoms with Gasteiger partial charge in [-0.2, -0.15) is 0 Å². The van der Waals surface area contributed by atoms with Crippen molar-refractivity contribution in [2.24, 2.45) is 0 Å². The number of aromatic nitrogens is 1. The van der Waals surface area contributed by atoms with Gasteiger partial charge in [0.25, 0.3) is 0 Å². The first-order chi connectivity index (χ1) is 8.56. The number of hydrogen-bond acceptors (Lipinski definition) is 4. The van der Waals surface area contributed by atoms with Crippen LogP contribution in [0.4, 0.5) is 5.69 Å². The summed E-state index contributed by atoms with van der Waals surface area (Å²) in [5.74, 6) is 1.38. The molecule has 2 nitrogen and oxygen atoms in total. The number of anilines is 1. The monoisotopic (exact) mass is 342 g/mol. The summed E-state index contributed by atoms with van der Waals surface area (Å²) in [4.78, 5) is 5.73. The second-order valence-corrected chi connectivity index (χ2v) is 7.13. The number of hydrogen-bond donors (Lipinski definition) is 1. The van der Waals surface area contributed by atoms with Gasteiger partial charge in [0, 0.05) is 32.1 Å². The van der Waals surface area contributed by atoms with E-state index in [2.05, 4.69) is 40.1 Å². The van der Waals surface area contributed by atoms with Gasteiger partial charge >= 0.3 is 0 Å². The van der Waals surface area contributed by atoms with Gasteiger partial charge in [0.2, 0.25) is 0 Å². The molecule has 1 heterocycles. The van der Waals surface area contributed by atoms with Crippen LogP contribution >= 0.6 is 39.0 Å². The SMILES string of the molecule is CC(C)c1nc(CSc2ccc(Br)cc2N)cs1. The molecule has 18 heavy (non-hydrogen) atoms. The molecule has 0 saturated carbocycles. The van der Waals surface area contributed by atoms with Crippen molar-refractivity contribution in [3.05, 3.63) is 38.8 Å². The predicted molar refractivity (Wildman–Crippen MR) is 84.3 cm³/mol. The van der Waals surface area contributed by atoms with Crippen LogP contribution in [0.5, 0.6) is 0 Å². The molecule has 5 heteroatoms. The Labute approximate surface area is 124 Å². The summed E-state index contributed by atoms with van der Waals surface area (Å²) in [5, 5.41) is 3.34. The van der Waals surface area contributed by atoms with Gasteiger partial charge in [-0.15, -0.1) is 23.1 Å². The lowest BCUT2D eigenvalue weighted by Crippen LogP contribution is -1.90. The van der Waals surface area contributed by atoms with Gasteiger partial charge in [-0.1, -0.05) is 29.8 Å². The van der Waals surface area contributed by atoms with Crippen molar-refractivity contribution in [1.82, 2.24) is 4.98 Å². The molecule has 1 aromatic carbocycles. The maximum absolute atomic E-state index is 5.97. The number of rotatable bonds is 4. The summed E-state index contributed by atoms with van der Waals surface area (Å²) >= 11 is 6.88. The minimum Gasteiger partial charge on any atom is -0.398 e. The first-order valence-corrected chi connectivity index (χ1v) is 8.34. The highest BCUT2D eigenvalue weighted by Crippen LogP contribution is 2.31. The van der Waals surface area contributed by atoms with Gasteiger partial charge in [0.15, 0.2) is 0 Å². The number of halogens is 1. The third-order valence-corrected chi connectivity index (χ3v) is 5.22. The molecule has 0 bridgehead atoms.